The minimum Gasteiger partial charge on any atom is -0.467 e. The molecule has 26 heavy (non-hydrogen) atoms. The molecule has 0 saturated heterocycles. The highest BCUT2D eigenvalue weighted by Crippen LogP contribution is 2.14. The molecular formula is C19H25N3O4. The number of benzene rings is 1. The highest BCUT2D eigenvalue weighted by Gasteiger charge is 2.17. The van der Waals surface area contributed by atoms with Crippen LogP contribution in [0.15, 0.2) is 47.1 Å². The first-order valence-corrected chi connectivity index (χ1v) is 8.47. The van der Waals surface area contributed by atoms with Crippen molar-refractivity contribution in [2.75, 3.05) is 25.6 Å². The first kappa shape index (κ1) is 19.5. The number of furan rings is 1. The SMILES string of the molecule is COCCN(Cc1ccco1)C(=O)c1ccc(NC(=O)NC(C)C)cc1. The van der Waals surface area contributed by atoms with Gasteiger partial charge in [0, 0.05) is 30.9 Å². The molecule has 140 valence electrons. The maximum absolute atomic E-state index is 12.8. The van der Waals surface area contributed by atoms with E-state index >= 15 is 0 Å². The minimum atomic E-state index is -0.279. The molecule has 0 aliphatic rings. The van der Waals surface area contributed by atoms with Crippen molar-refractivity contribution in [3.05, 3.63) is 54.0 Å². The van der Waals surface area contributed by atoms with E-state index in [1.54, 1.807) is 48.6 Å². The minimum absolute atomic E-state index is 0.0480. The van der Waals surface area contributed by atoms with E-state index in [1.165, 1.54) is 0 Å². The van der Waals surface area contributed by atoms with E-state index < -0.39 is 0 Å². The van der Waals surface area contributed by atoms with Gasteiger partial charge < -0.3 is 24.7 Å². The van der Waals surface area contributed by atoms with Gasteiger partial charge in [-0.2, -0.15) is 0 Å². The number of ether oxygens (including phenoxy) is 1. The number of hydrogen-bond donors (Lipinski definition) is 2. The van der Waals surface area contributed by atoms with Crippen molar-refractivity contribution in [2.24, 2.45) is 0 Å². The van der Waals surface area contributed by atoms with Gasteiger partial charge in [0.25, 0.3) is 5.91 Å². The third-order valence-electron chi connectivity index (χ3n) is 3.59. The van der Waals surface area contributed by atoms with E-state index in [2.05, 4.69) is 10.6 Å². The third-order valence-corrected chi connectivity index (χ3v) is 3.59. The first-order valence-electron chi connectivity index (χ1n) is 8.47. The molecule has 0 atom stereocenters. The normalized spacial score (nSPS) is 10.6. The topological polar surface area (TPSA) is 83.8 Å². The molecule has 2 aromatic rings. The zero-order chi connectivity index (χ0) is 18.9. The van der Waals surface area contributed by atoms with Gasteiger partial charge >= 0.3 is 6.03 Å². The molecule has 0 spiro atoms. The van der Waals surface area contributed by atoms with Gasteiger partial charge in [0.15, 0.2) is 0 Å². The molecule has 1 aromatic heterocycles. The summed E-state index contributed by atoms with van der Waals surface area (Å²) in [7, 11) is 1.60. The largest absolute Gasteiger partial charge is 0.467 e. The summed E-state index contributed by atoms with van der Waals surface area (Å²) in [6.07, 6.45) is 1.58. The third kappa shape index (κ3) is 5.93. The lowest BCUT2D eigenvalue weighted by atomic mass is 10.1. The maximum atomic E-state index is 12.8. The van der Waals surface area contributed by atoms with E-state index in [1.807, 2.05) is 19.9 Å². The van der Waals surface area contributed by atoms with Crippen molar-refractivity contribution in [3.63, 3.8) is 0 Å². The smallest absolute Gasteiger partial charge is 0.319 e. The molecule has 2 rings (SSSR count). The van der Waals surface area contributed by atoms with Crippen LogP contribution in [-0.2, 0) is 11.3 Å². The second-order valence-electron chi connectivity index (χ2n) is 6.13. The Morgan fingerprint density at radius 1 is 1.19 bits per heavy atom. The van der Waals surface area contributed by atoms with E-state index in [0.29, 0.717) is 36.7 Å². The number of rotatable bonds is 8. The fraction of sp³-hybridized carbons (Fsp3) is 0.368. The quantitative estimate of drug-likeness (QED) is 0.759. The average Bonchev–Trinajstić information content (AvgIpc) is 3.11. The Morgan fingerprint density at radius 2 is 1.92 bits per heavy atom. The van der Waals surface area contributed by atoms with Crippen molar-refractivity contribution in [1.82, 2.24) is 10.2 Å². The van der Waals surface area contributed by atoms with Crippen molar-refractivity contribution < 1.29 is 18.7 Å². The molecule has 7 heteroatoms. The van der Waals surface area contributed by atoms with Gasteiger partial charge in [0.1, 0.15) is 5.76 Å². The number of nitrogens with zero attached hydrogens (tertiary/aromatic N) is 1. The second-order valence-corrected chi connectivity index (χ2v) is 6.13. The van der Waals surface area contributed by atoms with E-state index in [9.17, 15) is 9.59 Å². The van der Waals surface area contributed by atoms with Gasteiger partial charge in [0.2, 0.25) is 0 Å². The van der Waals surface area contributed by atoms with Gasteiger partial charge in [0.05, 0.1) is 19.4 Å². The predicted octanol–water partition coefficient (Wildman–Crippen LogP) is 3.10. The van der Waals surface area contributed by atoms with Crippen LogP contribution in [0.25, 0.3) is 0 Å². The van der Waals surface area contributed by atoms with Crippen LogP contribution in [0.4, 0.5) is 10.5 Å². The Bertz CT molecular complexity index is 696. The highest BCUT2D eigenvalue weighted by atomic mass is 16.5. The lowest BCUT2D eigenvalue weighted by Crippen LogP contribution is -2.34. The molecule has 0 radical (unpaired) electrons. The molecule has 0 unspecified atom stereocenters. The molecule has 0 bridgehead atoms. The monoisotopic (exact) mass is 359 g/mol. The van der Waals surface area contributed by atoms with Crippen LogP contribution in [0.3, 0.4) is 0 Å². The summed E-state index contributed by atoms with van der Waals surface area (Å²) < 4.78 is 10.4. The lowest BCUT2D eigenvalue weighted by Gasteiger charge is -2.21. The Labute approximate surface area is 153 Å². The molecule has 0 aliphatic heterocycles. The van der Waals surface area contributed by atoms with Crippen molar-refractivity contribution in [2.45, 2.75) is 26.4 Å². The zero-order valence-corrected chi connectivity index (χ0v) is 15.3. The molecule has 1 heterocycles. The summed E-state index contributed by atoms with van der Waals surface area (Å²) in [5, 5.41) is 5.47. The number of hydrogen-bond acceptors (Lipinski definition) is 4. The number of nitrogens with one attached hydrogen (secondary N) is 2. The molecular weight excluding hydrogens is 334 g/mol. The number of amides is 3. The summed E-state index contributed by atoms with van der Waals surface area (Å²) in [5.41, 5.74) is 1.15. The van der Waals surface area contributed by atoms with Crippen LogP contribution in [0.5, 0.6) is 0 Å². The molecule has 0 fully saturated rings. The Hall–Kier alpha value is -2.80. The van der Waals surface area contributed by atoms with Crippen LogP contribution in [0, 0.1) is 0 Å². The number of carbonyl (C=O) groups excluding carboxylic acids is 2. The molecule has 1 aromatic carbocycles. The summed E-state index contributed by atoms with van der Waals surface area (Å²) in [5.74, 6) is 0.578. The van der Waals surface area contributed by atoms with Crippen molar-refractivity contribution in [3.8, 4) is 0 Å². The van der Waals surface area contributed by atoms with Crippen LogP contribution in [0.1, 0.15) is 30.0 Å². The van der Waals surface area contributed by atoms with Gasteiger partial charge in [-0.25, -0.2) is 4.79 Å². The van der Waals surface area contributed by atoms with Crippen LogP contribution in [-0.4, -0.2) is 43.1 Å². The van der Waals surface area contributed by atoms with E-state index in [4.69, 9.17) is 9.15 Å². The van der Waals surface area contributed by atoms with Crippen LogP contribution < -0.4 is 10.6 Å². The summed E-state index contributed by atoms with van der Waals surface area (Å²) in [6.45, 7) is 5.02. The second kappa shape index (κ2) is 9.62. The summed E-state index contributed by atoms with van der Waals surface area (Å²) in [6, 6.07) is 10.2. The lowest BCUT2D eigenvalue weighted by molar-refractivity contribution is 0.0666. The predicted molar refractivity (Wildman–Crippen MR) is 99.1 cm³/mol. The fourth-order valence-corrected chi connectivity index (χ4v) is 2.35. The number of carbonyl (C=O) groups is 2. The Balaban J connectivity index is 2.04. The zero-order valence-electron chi connectivity index (χ0n) is 15.3. The Kier molecular flexibility index (Phi) is 7.23. The summed E-state index contributed by atoms with van der Waals surface area (Å²) >= 11 is 0. The number of methoxy groups -OCH3 is 1. The van der Waals surface area contributed by atoms with Crippen LogP contribution in [0.2, 0.25) is 0 Å². The highest BCUT2D eigenvalue weighted by molar-refractivity contribution is 5.95. The standard InChI is InChI=1S/C19H25N3O4/c1-14(2)20-19(24)21-16-8-6-15(7-9-16)18(23)22(10-12-25-3)13-17-5-4-11-26-17/h4-9,11,14H,10,12-13H2,1-3H3,(H2,20,21,24). The van der Waals surface area contributed by atoms with Gasteiger partial charge in [-0.3, -0.25) is 4.79 Å². The molecule has 0 aliphatic carbocycles. The molecule has 0 saturated carbocycles. The molecule has 7 nitrogen and oxygen atoms in total. The van der Waals surface area contributed by atoms with Crippen molar-refractivity contribution in [1.29, 1.82) is 0 Å². The van der Waals surface area contributed by atoms with Crippen molar-refractivity contribution >= 4 is 17.6 Å². The average molecular weight is 359 g/mol. The summed E-state index contributed by atoms with van der Waals surface area (Å²) in [4.78, 5) is 26.2. The first-order chi connectivity index (χ1) is 12.5. The van der Waals surface area contributed by atoms with Crippen LogP contribution >= 0.6 is 0 Å². The molecule has 3 amide bonds. The van der Waals surface area contributed by atoms with E-state index in [-0.39, 0.29) is 18.0 Å². The van der Waals surface area contributed by atoms with Gasteiger partial charge in [-0.05, 0) is 50.2 Å². The van der Waals surface area contributed by atoms with Gasteiger partial charge in [-0.1, -0.05) is 0 Å². The van der Waals surface area contributed by atoms with E-state index in [0.717, 1.165) is 0 Å². The maximum Gasteiger partial charge on any atom is 0.319 e. The number of urea groups is 1. The number of anilines is 1. The van der Waals surface area contributed by atoms with Gasteiger partial charge in [-0.15, -0.1) is 0 Å². The fourth-order valence-electron chi connectivity index (χ4n) is 2.35. The Morgan fingerprint density at radius 3 is 2.50 bits per heavy atom. The molecule has 2 N–H and O–H groups in total.